The lowest BCUT2D eigenvalue weighted by molar-refractivity contribution is 0.0588. The van der Waals surface area contributed by atoms with Gasteiger partial charge in [-0.2, -0.15) is 0 Å². The van der Waals surface area contributed by atoms with Gasteiger partial charge in [-0.05, 0) is 56.4 Å². The number of carbonyl (C=O) groups excluding carboxylic acids is 1. The van der Waals surface area contributed by atoms with Crippen molar-refractivity contribution in [2.75, 3.05) is 12.0 Å². The first-order chi connectivity index (χ1) is 9.02. The molecule has 2 unspecified atom stereocenters. The van der Waals surface area contributed by atoms with Gasteiger partial charge in [0.05, 0.1) is 0 Å². The van der Waals surface area contributed by atoms with E-state index in [0.29, 0.717) is 12.0 Å². The number of anilines is 1. The van der Waals surface area contributed by atoms with Gasteiger partial charge in [-0.15, -0.1) is 0 Å². The lowest BCUT2D eigenvalue weighted by atomic mass is 9.92. The van der Waals surface area contributed by atoms with Crippen molar-refractivity contribution in [2.24, 2.45) is 11.8 Å². The first-order valence-electron chi connectivity index (χ1n) is 6.91. The summed E-state index contributed by atoms with van der Waals surface area (Å²) in [6.45, 7) is 7.20. The number of rotatable bonds is 2. The van der Waals surface area contributed by atoms with E-state index in [1.165, 1.54) is 0 Å². The lowest BCUT2D eigenvalue weighted by Crippen LogP contribution is -2.44. The predicted molar refractivity (Wildman–Crippen MR) is 77.9 cm³/mol. The smallest absolute Gasteiger partial charge is 0.254 e. The van der Waals surface area contributed by atoms with Crippen molar-refractivity contribution in [3.8, 4) is 0 Å². The number of carbonyl (C=O) groups is 1. The fourth-order valence-corrected chi connectivity index (χ4v) is 2.86. The van der Waals surface area contributed by atoms with E-state index in [-0.39, 0.29) is 5.91 Å². The van der Waals surface area contributed by atoms with Gasteiger partial charge in [0.25, 0.3) is 5.91 Å². The van der Waals surface area contributed by atoms with Crippen LogP contribution in [0.5, 0.6) is 0 Å². The quantitative estimate of drug-likeness (QED) is 0.635. The number of nitrogens with one attached hydrogen (secondary N) is 1. The molecule has 104 valence electrons. The minimum absolute atomic E-state index is 0.139. The lowest BCUT2D eigenvalue weighted by Gasteiger charge is -2.36. The number of nitrogens with zero attached hydrogens (tertiary/aromatic N) is 1. The molecule has 19 heavy (non-hydrogen) atoms. The SMILES string of the molecule is Cc1cc(NN)ccc1C(=O)N1CCC(C)CC1C. The molecule has 1 amide bonds. The molecular weight excluding hydrogens is 238 g/mol. The third-order valence-electron chi connectivity index (χ3n) is 4.02. The number of likely N-dealkylation sites (tertiary alicyclic amines) is 1. The van der Waals surface area contributed by atoms with Crippen molar-refractivity contribution < 1.29 is 4.79 Å². The van der Waals surface area contributed by atoms with E-state index >= 15 is 0 Å². The van der Waals surface area contributed by atoms with Crippen molar-refractivity contribution in [1.29, 1.82) is 0 Å². The Morgan fingerprint density at radius 3 is 2.74 bits per heavy atom. The van der Waals surface area contributed by atoms with Gasteiger partial charge in [-0.3, -0.25) is 10.6 Å². The Labute approximate surface area is 114 Å². The highest BCUT2D eigenvalue weighted by molar-refractivity contribution is 5.96. The van der Waals surface area contributed by atoms with Crippen LogP contribution < -0.4 is 11.3 Å². The van der Waals surface area contributed by atoms with Crippen LogP contribution in [0, 0.1) is 12.8 Å². The molecule has 1 fully saturated rings. The zero-order valence-corrected chi connectivity index (χ0v) is 11.9. The molecular formula is C15H23N3O. The van der Waals surface area contributed by atoms with Crippen molar-refractivity contribution >= 4 is 11.6 Å². The van der Waals surface area contributed by atoms with Crippen LogP contribution in [0.4, 0.5) is 5.69 Å². The van der Waals surface area contributed by atoms with Crippen molar-refractivity contribution in [3.05, 3.63) is 29.3 Å². The number of nitrogen functional groups attached to an aromatic ring is 1. The maximum Gasteiger partial charge on any atom is 0.254 e. The molecule has 2 atom stereocenters. The third kappa shape index (κ3) is 2.89. The van der Waals surface area contributed by atoms with E-state index in [0.717, 1.165) is 36.2 Å². The van der Waals surface area contributed by atoms with E-state index in [2.05, 4.69) is 19.3 Å². The van der Waals surface area contributed by atoms with Gasteiger partial charge in [0, 0.05) is 23.8 Å². The van der Waals surface area contributed by atoms with Crippen LogP contribution in [0.25, 0.3) is 0 Å². The standard InChI is InChI=1S/C15H23N3O/c1-10-6-7-18(12(3)8-10)15(19)14-5-4-13(17-16)9-11(14)2/h4-5,9-10,12,17H,6-8,16H2,1-3H3. The molecule has 0 aromatic heterocycles. The largest absolute Gasteiger partial charge is 0.336 e. The summed E-state index contributed by atoms with van der Waals surface area (Å²) < 4.78 is 0. The number of nitrogens with two attached hydrogens (primary N) is 1. The minimum Gasteiger partial charge on any atom is -0.336 e. The summed E-state index contributed by atoms with van der Waals surface area (Å²) in [7, 11) is 0. The molecule has 1 heterocycles. The van der Waals surface area contributed by atoms with Gasteiger partial charge in [0.2, 0.25) is 0 Å². The molecule has 2 rings (SSSR count). The van der Waals surface area contributed by atoms with Crippen molar-refractivity contribution in [3.63, 3.8) is 0 Å². The Bertz CT molecular complexity index is 472. The molecule has 3 N–H and O–H groups in total. The van der Waals surface area contributed by atoms with Gasteiger partial charge in [0.1, 0.15) is 0 Å². The fraction of sp³-hybridized carbons (Fsp3) is 0.533. The van der Waals surface area contributed by atoms with Gasteiger partial charge in [-0.25, -0.2) is 0 Å². The Morgan fingerprint density at radius 2 is 2.16 bits per heavy atom. The normalized spacial score (nSPS) is 23.3. The van der Waals surface area contributed by atoms with E-state index in [4.69, 9.17) is 5.84 Å². The van der Waals surface area contributed by atoms with Crippen molar-refractivity contribution in [2.45, 2.75) is 39.7 Å². The van der Waals surface area contributed by atoms with Crippen LogP contribution in [0.3, 0.4) is 0 Å². The number of piperidine rings is 1. The molecule has 1 aliphatic rings. The summed E-state index contributed by atoms with van der Waals surface area (Å²) in [6, 6.07) is 5.93. The molecule has 1 aromatic rings. The third-order valence-corrected chi connectivity index (χ3v) is 4.02. The van der Waals surface area contributed by atoms with Gasteiger partial charge < -0.3 is 10.3 Å². The number of aryl methyl sites for hydroxylation is 1. The van der Waals surface area contributed by atoms with E-state index in [1.807, 2.05) is 30.0 Å². The summed E-state index contributed by atoms with van der Waals surface area (Å²) in [5, 5.41) is 0. The zero-order chi connectivity index (χ0) is 14.0. The average molecular weight is 261 g/mol. The average Bonchev–Trinajstić information content (AvgIpc) is 2.37. The predicted octanol–water partition coefficient (Wildman–Crippen LogP) is 2.54. The summed E-state index contributed by atoms with van der Waals surface area (Å²) in [5.41, 5.74) is 5.17. The monoisotopic (exact) mass is 261 g/mol. The van der Waals surface area contributed by atoms with E-state index in [9.17, 15) is 4.79 Å². The Morgan fingerprint density at radius 1 is 1.42 bits per heavy atom. The molecule has 1 aliphatic heterocycles. The van der Waals surface area contributed by atoms with Crippen LogP contribution in [-0.2, 0) is 0 Å². The molecule has 0 aliphatic carbocycles. The summed E-state index contributed by atoms with van der Waals surface area (Å²) >= 11 is 0. The van der Waals surface area contributed by atoms with E-state index in [1.54, 1.807) is 0 Å². The molecule has 1 aromatic carbocycles. The highest BCUT2D eigenvalue weighted by Crippen LogP contribution is 2.25. The van der Waals surface area contributed by atoms with Gasteiger partial charge in [0.15, 0.2) is 0 Å². The maximum atomic E-state index is 12.6. The van der Waals surface area contributed by atoms with Crippen LogP contribution in [0.2, 0.25) is 0 Å². The van der Waals surface area contributed by atoms with Crippen LogP contribution >= 0.6 is 0 Å². The summed E-state index contributed by atoms with van der Waals surface area (Å²) in [6.07, 6.45) is 2.19. The molecule has 1 saturated heterocycles. The van der Waals surface area contributed by atoms with Crippen molar-refractivity contribution in [1.82, 2.24) is 4.90 Å². The topological polar surface area (TPSA) is 58.4 Å². The second kappa shape index (κ2) is 5.61. The minimum atomic E-state index is 0.139. The van der Waals surface area contributed by atoms with Gasteiger partial charge >= 0.3 is 0 Å². The molecule has 4 heteroatoms. The second-order valence-corrected chi connectivity index (χ2v) is 5.65. The first kappa shape index (κ1) is 13.9. The molecule has 0 saturated carbocycles. The first-order valence-corrected chi connectivity index (χ1v) is 6.91. The molecule has 4 nitrogen and oxygen atoms in total. The highest BCUT2D eigenvalue weighted by Gasteiger charge is 2.28. The van der Waals surface area contributed by atoms with Gasteiger partial charge in [-0.1, -0.05) is 6.92 Å². The number of hydrazine groups is 1. The molecule has 0 bridgehead atoms. The Kier molecular flexibility index (Phi) is 4.10. The Hall–Kier alpha value is -1.55. The number of hydrogen-bond acceptors (Lipinski definition) is 3. The zero-order valence-electron chi connectivity index (χ0n) is 11.9. The maximum absolute atomic E-state index is 12.6. The number of benzene rings is 1. The molecule has 0 radical (unpaired) electrons. The summed E-state index contributed by atoms with van der Waals surface area (Å²) in [4.78, 5) is 14.6. The second-order valence-electron chi connectivity index (χ2n) is 5.65. The van der Waals surface area contributed by atoms with Crippen LogP contribution in [0.1, 0.15) is 42.6 Å². The number of hydrogen-bond donors (Lipinski definition) is 2. The van der Waals surface area contributed by atoms with Crippen LogP contribution in [-0.4, -0.2) is 23.4 Å². The van der Waals surface area contributed by atoms with E-state index < -0.39 is 0 Å². The Balaban J connectivity index is 2.19. The number of amides is 1. The highest BCUT2D eigenvalue weighted by atomic mass is 16.2. The fourth-order valence-electron chi connectivity index (χ4n) is 2.86. The summed E-state index contributed by atoms with van der Waals surface area (Å²) in [5.74, 6) is 6.23. The van der Waals surface area contributed by atoms with Crippen LogP contribution in [0.15, 0.2) is 18.2 Å². The molecule has 0 spiro atoms.